The summed E-state index contributed by atoms with van der Waals surface area (Å²) in [5.41, 5.74) is 14.5. The molecule has 0 radical (unpaired) electrons. The number of nitrogens with zero attached hydrogens (tertiary/aromatic N) is 2. The van der Waals surface area contributed by atoms with Gasteiger partial charge in [-0.2, -0.15) is 0 Å². The van der Waals surface area contributed by atoms with Gasteiger partial charge in [-0.3, -0.25) is 9.79 Å². The quantitative estimate of drug-likeness (QED) is 0.391. The summed E-state index contributed by atoms with van der Waals surface area (Å²) in [5.74, 6) is 1.19. The standard InChI is InChI=1S/C31H42N4O/c1-6-21-14-15-34-30-28(21)25(23-13-12-22-10-7-11-26(32)24(22)17-23)18-27(29(30)31(33)36)35(5)16-8-9-20(4)19(2)3/h12-13,15,17-21,32H,6-11,14,16H2,1-5H3,(H2,33,36). The molecule has 192 valence electrons. The monoisotopic (exact) mass is 486 g/mol. The number of fused-ring (bicyclic) bond motifs is 2. The van der Waals surface area contributed by atoms with Gasteiger partial charge in [-0.25, -0.2) is 0 Å². The lowest BCUT2D eigenvalue weighted by Crippen LogP contribution is -2.25. The zero-order valence-electron chi connectivity index (χ0n) is 22.7. The number of carbonyl (C=O) groups is 1. The topological polar surface area (TPSA) is 82.5 Å². The average Bonchev–Trinajstić information content (AvgIpc) is 2.86. The van der Waals surface area contributed by atoms with Gasteiger partial charge in [0, 0.05) is 25.5 Å². The van der Waals surface area contributed by atoms with E-state index in [0.29, 0.717) is 17.4 Å². The summed E-state index contributed by atoms with van der Waals surface area (Å²) in [4.78, 5) is 19.8. The zero-order chi connectivity index (χ0) is 26.0. The first-order valence-corrected chi connectivity index (χ1v) is 13.7. The van der Waals surface area contributed by atoms with Crippen molar-refractivity contribution >= 4 is 29.2 Å². The molecule has 4 rings (SSSR count). The highest BCUT2D eigenvalue weighted by Gasteiger charge is 2.29. The van der Waals surface area contributed by atoms with Crippen molar-refractivity contribution in [2.45, 2.75) is 78.6 Å². The highest BCUT2D eigenvalue weighted by atomic mass is 16.1. The van der Waals surface area contributed by atoms with Crippen molar-refractivity contribution in [1.29, 1.82) is 5.41 Å². The van der Waals surface area contributed by atoms with Crippen LogP contribution in [-0.4, -0.2) is 31.4 Å². The molecule has 1 amide bonds. The number of nitrogens with two attached hydrogens (primary N) is 1. The van der Waals surface area contributed by atoms with Crippen LogP contribution in [0.1, 0.15) is 99.2 Å². The lowest BCUT2D eigenvalue weighted by molar-refractivity contribution is 0.100. The van der Waals surface area contributed by atoms with E-state index in [2.05, 4.69) is 63.9 Å². The van der Waals surface area contributed by atoms with Crippen LogP contribution >= 0.6 is 0 Å². The first-order valence-electron chi connectivity index (χ1n) is 13.7. The summed E-state index contributed by atoms with van der Waals surface area (Å²) in [6.07, 6.45) is 8.88. The predicted molar refractivity (Wildman–Crippen MR) is 152 cm³/mol. The summed E-state index contributed by atoms with van der Waals surface area (Å²) < 4.78 is 0. The molecule has 1 aliphatic heterocycles. The van der Waals surface area contributed by atoms with Crippen LogP contribution in [0.5, 0.6) is 0 Å². The van der Waals surface area contributed by atoms with Crippen molar-refractivity contribution in [3.63, 3.8) is 0 Å². The van der Waals surface area contributed by atoms with Crippen molar-refractivity contribution in [1.82, 2.24) is 0 Å². The Labute approximate surface area is 216 Å². The fourth-order valence-electron chi connectivity index (χ4n) is 5.70. The molecule has 5 nitrogen and oxygen atoms in total. The van der Waals surface area contributed by atoms with Crippen LogP contribution in [0.2, 0.25) is 0 Å². The minimum absolute atomic E-state index is 0.285. The van der Waals surface area contributed by atoms with E-state index in [0.717, 1.165) is 90.8 Å². The number of nitrogens with one attached hydrogen (secondary N) is 1. The third-order valence-electron chi connectivity index (χ3n) is 8.40. The van der Waals surface area contributed by atoms with Crippen LogP contribution in [0.3, 0.4) is 0 Å². The van der Waals surface area contributed by atoms with Crippen LogP contribution in [0.4, 0.5) is 11.4 Å². The summed E-state index contributed by atoms with van der Waals surface area (Å²) in [7, 11) is 2.06. The number of rotatable bonds is 9. The normalized spacial score (nSPS) is 17.6. The molecule has 2 unspecified atom stereocenters. The largest absolute Gasteiger partial charge is 0.374 e. The Morgan fingerprint density at radius 2 is 1.97 bits per heavy atom. The van der Waals surface area contributed by atoms with Crippen molar-refractivity contribution in [2.75, 3.05) is 18.5 Å². The maximum Gasteiger partial charge on any atom is 0.253 e. The summed E-state index contributed by atoms with van der Waals surface area (Å²) in [6, 6.07) is 8.74. The van der Waals surface area contributed by atoms with Gasteiger partial charge in [-0.1, -0.05) is 39.8 Å². The molecule has 2 atom stereocenters. The van der Waals surface area contributed by atoms with E-state index in [1.165, 1.54) is 5.56 Å². The molecule has 1 aliphatic carbocycles. The number of hydrogen-bond donors (Lipinski definition) is 2. The smallest absolute Gasteiger partial charge is 0.253 e. The fraction of sp³-hybridized carbons (Fsp3) is 0.516. The first-order chi connectivity index (χ1) is 17.2. The molecule has 0 saturated heterocycles. The second-order valence-corrected chi connectivity index (χ2v) is 11.1. The fourth-order valence-corrected chi connectivity index (χ4v) is 5.70. The highest BCUT2D eigenvalue weighted by molar-refractivity contribution is 6.07. The summed E-state index contributed by atoms with van der Waals surface area (Å²) in [6.45, 7) is 9.90. The van der Waals surface area contributed by atoms with Gasteiger partial charge in [-0.05, 0) is 103 Å². The molecule has 0 fully saturated rings. The third-order valence-corrected chi connectivity index (χ3v) is 8.40. The maximum atomic E-state index is 12.8. The maximum absolute atomic E-state index is 12.8. The van der Waals surface area contributed by atoms with Gasteiger partial charge in [0.15, 0.2) is 0 Å². The van der Waals surface area contributed by atoms with Gasteiger partial charge in [0.1, 0.15) is 0 Å². The Kier molecular flexibility index (Phi) is 7.97. The second-order valence-electron chi connectivity index (χ2n) is 11.1. The van der Waals surface area contributed by atoms with E-state index in [4.69, 9.17) is 16.1 Å². The average molecular weight is 487 g/mol. The Morgan fingerprint density at radius 1 is 1.19 bits per heavy atom. The van der Waals surface area contributed by atoms with Gasteiger partial charge in [0.25, 0.3) is 5.91 Å². The number of anilines is 1. The number of aryl methyl sites for hydroxylation is 1. The molecular weight excluding hydrogens is 444 g/mol. The van der Waals surface area contributed by atoms with Gasteiger partial charge in [-0.15, -0.1) is 0 Å². The Hall–Kier alpha value is -2.95. The molecule has 0 aromatic heterocycles. The van der Waals surface area contributed by atoms with Crippen LogP contribution < -0.4 is 10.6 Å². The molecule has 36 heavy (non-hydrogen) atoms. The first kappa shape index (κ1) is 26.1. The van der Waals surface area contributed by atoms with Crippen LogP contribution in [-0.2, 0) is 6.42 Å². The number of aliphatic imine (C=N–C) groups is 1. The second kappa shape index (κ2) is 11.0. The molecule has 3 N–H and O–H groups in total. The number of carbonyl (C=O) groups excluding carboxylic acids is 1. The molecule has 2 aromatic carbocycles. The third kappa shape index (κ3) is 5.11. The highest BCUT2D eigenvalue weighted by Crippen LogP contribution is 2.47. The van der Waals surface area contributed by atoms with Crippen molar-refractivity contribution in [3.8, 4) is 11.1 Å². The van der Waals surface area contributed by atoms with E-state index in [1.807, 2.05) is 6.21 Å². The van der Waals surface area contributed by atoms with Gasteiger partial charge < -0.3 is 16.0 Å². The van der Waals surface area contributed by atoms with Crippen molar-refractivity contribution in [2.24, 2.45) is 22.6 Å². The Balaban J connectivity index is 1.84. The van der Waals surface area contributed by atoms with Crippen LogP contribution in [0.15, 0.2) is 29.3 Å². The van der Waals surface area contributed by atoms with Gasteiger partial charge in [0.2, 0.25) is 0 Å². The van der Waals surface area contributed by atoms with E-state index in [-0.39, 0.29) is 5.92 Å². The van der Waals surface area contributed by atoms with Crippen molar-refractivity contribution in [3.05, 3.63) is 46.5 Å². The molecule has 5 heteroatoms. The molecule has 1 heterocycles. The molecule has 2 aromatic rings. The SMILES string of the molecule is CCC1CC=Nc2c(C(N)=O)c(N(C)CCCC(C)C(C)C)cc(-c3ccc4c(c3)C(=N)CCC4)c21. The molecule has 0 bridgehead atoms. The zero-order valence-corrected chi connectivity index (χ0v) is 22.7. The van der Waals surface area contributed by atoms with Gasteiger partial charge in [0.05, 0.1) is 16.9 Å². The molecular formula is C31H42N4O. The van der Waals surface area contributed by atoms with Gasteiger partial charge >= 0.3 is 0 Å². The summed E-state index contributed by atoms with van der Waals surface area (Å²) in [5, 5.41) is 8.54. The number of amides is 1. The minimum atomic E-state index is -0.420. The Bertz CT molecular complexity index is 1180. The molecule has 0 spiro atoms. The van der Waals surface area contributed by atoms with Crippen LogP contribution in [0, 0.1) is 17.2 Å². The lowest BCUT2D eigenvalue weighted by atomic mass is 9.80. The van der Waals surface area contributed by atoms with Crippen molar-refractivity contribution < 1.29 is 4.79 Å². The van der Waals surface area contributed by atoms with E-state index in [1.54, 1.807) is 0 Å². The number of benzene rings is 2. The lowest BCUT2D eigenvalue weighted by Gasteiger charge is -2.30. The van der Waals surface area contributed by atoms with E-state index in [9.17, 15) is 4.79 Å². The van der Waals surface area contributed by atoms with E-state index >= 15 is 0 Å². The predicted octanol–water partition coefficient (Wildman–Crippen LogP) is 7.26. The number of hydrogen-bond acceptors (Lipinski definition) is 4. The minimum Gasteiger partial charge on any atom is -0.374 e. The van der Waals surface area contributed by atoms with Crippen LogP contribution in [0.25, 0.3) is 11.1 Å². The molecule has 0 saturated carbocycles. The Morgan fingerprint density at radius 3 is 2.67 bits per heavy atom. The number of primary amides is 1. The van der Waals surface area contributed by atoms with E-state index < -0.39 is 5.91 Å². The molecule has 2 aliphatic rings. The summed E-state index contributed by atoms with van der Waals surface area (Å²) >= 11 is 0.